The minimum absolute atomic E-state index is 0.107. The first kappa shape index (κ1) is 20.3. The number of nitrogens with zero attached hydrogens (tertiary/aromatic N) is 1. The van der Waals surface area contributed by atoms with Crippen molar-refractivity contribution in [2.45, 2.75) is 6.92 Å². The summed E-state index contributed by atoms with van der Waals surface area (Å²) in [6.07, 6.45) is 0. The molecule has 0 aliphatic heterocycles. The zero-order valence-corrected chi connectivity index (χ0v) is 17.0. The van der Waals surface area contributed by atoms with Crippen LogP contribution in [0.15, 0.2) is 48.4 Å². The van der Waals surface area contributed by atoms with Gasteiger partial charge in [0, 0.05) is 33.7 Å². The molecule has 0 fully saturated rings. The summed E-state index contributed by atoms with van der Waals surface area (Å²) in [5, 5.41) is 11.8. The van der Waals surface area contributed by atoms with E-state index in [1.54, 1.807) is 19.2 Å². The quantitative estimate of drug-likeness (QED) is 0.448. The molecule has 0 saturated carbocycles. The van der Waals surface area contributed by atoms with Crippen molar-refractivity contribution in [3.8, 4) is 22.8 Å². The highest BCUT2D eigenvalue weighted by atomic mass is 32.1. The van der Waals surface area contributed by atoms with Crippen LogP contribution in [0.3, 0.4) is 0 Å². The van der Waals surface area contributed by atoms with E-state index in [4.69, 9.17) is 14.6 Å². The monoisotopic (exact) mass is 409 g/mol. The largest absolute Gasteiger partial charge is 0.496 e. The molecule has 29 heavy (non-hydrogen) atoms. The summed E-state index contributed by atoms with van der Waals surface area (Å²) < 4.78 is 10.9. The molecule has 0 radical (unpaired) electrons. The molecule has 1 N–H and O–H groups in total. The SMILES string of the molecule is C=C(C(=O)c1ccc(C(=O)O)cc1)c1cc(-c2csc(C)n2)c(OC)cc1OC. The van der Waals surface area contributed by atoms with Crippen LogP contribution in [0.5, 0.6) is 11.5 Å². The zero-order valence-electron chi connectivity index (χ0n) is 16.2. The fourth-order valence-corrected chi connectivity index (χ4v) is 3.50. The Balaban J connectivity index is 2.05. The number of aromatic carboxylic acids is 1. The van der Waals surface area contributed by atoms with Crippen LogP contribution in [0.4, 0.5) is 0 Å². The van der Waals surface area contributed by atoms with Crippen LogP contribution in [0.2, 0.25) is 0 Å². The highest BCUT2D eigenvalue weighted by Gasteiger charge is 2.21. The minimum atomic E-state index is -1.05. The molecule has 2 aromatic carbocycles. The van der Waals surface area contributed by atoms with E-state index in [1.807, 2.05) is 12.3 Å². The molecule has 3 rings (SSSR count). The van der Waals surface area contributed by atoms with E-state index in [0.29, 0.717) is 22.6 Å². The maximum Gasteiger partial charge on any atom is 0.335 e. The van der Waals surface area contributed by atoms with E-state index in [1.165, 1.54) is 42.7 Å². The molecule has 148 valence electrons. The van der Waals surface area contributed by atoms with Crippen molar-refractivity contribution in [2.24, 2.45) is 0 Å². The van der Waals surface area contributed by atoms with Crippen molar-refractivity contribution in [3.05, 3.63) is 70.1 Å². The number of carbonyl (C=O) groups is 2. The summed E-state index contributed by atoms with van der Waals surface area (Å²) in [6.45, 7) is 5.87. The Bertz CT molecular complexity index is 1100. The fourth-order valence-electron chi connectivity index (χ4n) is 2.88. The van der Waals surface area contributed by atoms with Gasteiger partial charge in [-0.25, -0.2) is 9.78 Å². The average Bonchev–Trinajstić information content (AvgIpc) is 3.17. The fraction of sp³-hybridized carbons (Fsp3) is 0.136. The van der Waals surface area contributed by atoms with Gasteiger partial charge in [0.15, 0.2) is 5.78 Å². The van der Waals surface area contributed by atoms with Crippen LogP contribution in [-0.4, -0.2) is 36.1 Å². The highest BCUT2D eigenvalue weighted by Crippen LogP contribution is 2.39. The minimum Gasteiger partial charge on any atom is -0.496 e. The van der Waals surface area contributed by atoms with E-state index < -0.39 is 5.97 Å². The molecule has 0 spiro atoms. The van der Waals surface area contributed by atoms with Gasteiger partial charge in [-0.1, -0.05) is 18.7 Å². The highest BCUT2D eigenvalue weighted by molar-refractivity contribution is 7.09. The number of carboxylic acid groups (broad SMARTS) is 1. The first-order valence-corrected chi connectivity index (χ1v) is 9.49. The third kappa shape index (κ3) is 4.05. The normalized spacial score (nSPS) is 10.4. The van der Waals surface area contributed by atoms with Crippen LogP contribution in [-0.2, 0) is 0 Å². The number of carboxylic acids is 1. The van der Waals surface area contributed by atoms with Crippen LogP contribution < -0.4 is 9.47 Å². The predicted octanol–water partition coefficient (Wildman–Crippen LogP) is 4.73. The standard InChI is InChI=1S/C22H19NO5S/c1-12(21(24)14-5-7-15(8-6-14)22(25)26)16-9-17(18-11-29-13(2)23-18)20(28-4)10-19(16)27-3/h5-11H,1H2,2-4H3,(H,25,26). The van der Waals surface area contributed by atoms with Gasteiger partial charge in [-0.2, -0.15) is 0 Å². The number of hydrogen-bond donors (Lipinski definition) is 1. The summed E-state index contributed by atoms with van der Waals surface area (Å²) in [5.41, 5.74) is 2.64. The second-order valence-corrected chi connectivity index (χ2v) is 7.26. The lowest BCUT2D eigenvalue weighted by atomic mass is 9.94. The Hall–Kier alpha value is -3.45. The number of carbonyl (C=O) groups excluding carboxylic acids is 1. The Morgan fingerprint density at radius 3 is 2.17 bits per heavy atom. The van der Waals surface area contributed by atoms with E-state index in [2.05, 4.69) is 11.6 Å². The molecule has 0 atom stereocenters. The van der Waals surface area contributed by atoms with Crippen LogP contribution in [0, 0.1) is 6.92 Å². The number of aromatic nitrogens is 1. The molecule has 6 nitrogen and oxygen atoms in total. The first-order valence-electron chi connectivity index (χ1n) is 8.61. The molecule has 0 aliphatic rings. The van der Waals surface area contributed by atoms with Crippen molar-refractivity contribution < 1.29 is 24.2 Å². The van der Waals surface area contributed by atoms with E-state index in [0.717, 1.165) is 16.3 Å². The van der Waals surface area contributed by atoms with E-state index in [-0.39, 0.29) is 16.9 Å². The number of methoxy groups -OCH3 is 2. The summed E-state index contributed by atoms with van der Waals surface area (Å²) in [6, 6.07) is 9.19. The second kappa shape index (κ2) is 8.28. The van der Waals surface area contributed by atoms with Gasteiger partial charge in [-0.05, 0) is 25.1 Å². The second-order valence-electron chi connectivity index (χ2n) is 6.19. The third-order valence-electron chi connectivity index (χ3n) is 4.41. The molecule has 3 aromatic rings. The number of hydrogen-bond acceptors (Lipinski definition) is 6. The topological polar surface area (TPSA) is 85.7 Å². The van der Waals surface area contributed by atoms with Gasteiger partial charge < -0.3 is 14.6 Å². The lowest BCUT2D eigenvalue weighted by Crippen LogP contribution is -2.05. The molecule has 0 saturated heterocycles. The number of rotatable bonds is 7. The van der Waals surface area contributed by atoms with Crippen molar-refractivity contribution in [1.29, 1.82) is 0 Å². The van der Waals surface area contributed by atoms with Crippen molar-refractivity contribution in [1.82, 2.24) is 4.98 Å². The summed E-state index contributed by atoms with van der Waals surface area (Å²) in [4.78, 5) is 28.5. The number of aryl methyl sites for hydroxylation is 1. The van der Waals surface area contributed by atoms with Gasteiger partial charge in [0.25, 0.3) is 0 Å². The Labute approximate surface area is 172 Å². The van der Waals surface area contributed by atoms with Crippen LogP contribution in [0.1, 0.15) is 31.3 Å². The number of allylic oxidation sites excluding steroid dienone is 1. The maximum absolute atomic E-state index is 13.0. The van der Waals surface area contributed by atoms with Gasteiger partial charge in [-0.3, -0.25) is 4.79 Å². The average molecular weight is 409 g/mol. The van der Waals surface area contributed by atoms with E-state index in [9.17, 15) is 9.59 Å². The lowest BCUT2D eigenvalue weighted by Gasteiger charge is -2.15. The van der Waals surface area contributed by atoms with Gasteiger partial charge in [0.1, 0.15) is 11.5 Å². The number of ether oxygens (including phenoxy) is 2. The molecule has 7 heteroatoms. The Kier molecular flexibility index (Phi) is 5.79. The molecular formula is C22H19NO5S. The molecule has 0 unspecified atom stereocenters. The first-order chi connectivity index (χ1) is 13.8. The van der Waals surface area contributed by atoms with Gasteiger partial charge >= 0.3 is 5.97 Å². The predicted molar refractivity (Wildman–Crippen MR) is 112 cm³/mol. The number of thiazole rings is 1. The number of Topliss-reactive ketones (excluding diaryl/α,β-unsaturated/α-hetero) is 1. The van der Waals surface area contributed by atoms with Crippen molar-refractivity contribution in [3.63, 3.8) is 0 Å². The number of benzene rings is 2. The summed E-state index contributed by atoms with van der Waals surface area (Å²) in [5.74, 6) is -0.367. The molecule has 0 bridgehead atoms. The molecule has 1 heterocycles. The Morgan fingerprint density at radius 1 is 1.03 bits per heavy atom. The van der Waals surface area contributed by atoms with Crippen molar-refractivity contribution in [2.75, 3.05) is 14.2 Å². The molecule has 0 amide bonds. The van der Waals surface area contributed by atoms with Crippen molar-refractivity contribution >= 4 is 28.7 Å². The van der Waals surface area contributed by atoms with Gasteiger partial charge in [-0.15, -0.1) is 11.3 Å². The Morgan fingerprint density at radius 2 is 1.66 bits per heavy atom. The van der Waals surface area contributed by atoms with Gasteiger partial charge in [0.05, 0.1) is 30.5 Å². The van der Waals surface area contributed by atoms with Crippen LogP contribution in [0.25, 0.3) is 16.8 Å². The maximum atomic E-state index is 13.0. The zero-order chi connectivity index (χ0) is 21.1. The third-order valence-corrected chi connectivity index (χ3v) is 5.18. The molecule has 1 aromatic heterocycles. The van der Waals surface area contributed by atoms with Gasteiger partial charge in [0.2, 0.25) is 0 Å². The van der Waals surface area contributed by atoms with Crippen LogP contribution >= 0.6 is 11.3 Å². The molecule has 0 aliphatic carbocycles. The number of ketones is 1. The lowest BCUT2D eigenvalue weighted by molar-refractivity contribution is 0.0696. The van der Waals surface area contributed by atoms with E-state index >= 15 is 0 Å². The summed E-state index contributed by atoms with van der Waals surface area (Å²) >= 11 is 1.51. The summed E-state index contributed by atoms with van der Waals surface area (Å²) in [7, 11) is 3.06. The smallest absolute Gasteiger partial charge is 0.335 e. The molecular weight excluding hydrogens is 390 g/mol.